The Balaban J connectivity index is 2.15. The van der Waals surface area contributed by atoms with Gasteiger partial charge < -0.3 is 16.0 Å². The lowest BCUT2D eigenvalue weighted by molar-refractivity contribution is -0.123. The maximum absolute atomic E-state index is 13.2. The van der Waals surface area contributed by atoms with E-state index in [-0.39, 0.29) is 11.7 Å². The second-order valence-electron chi connectivity index (χ2n) is 5.02. The minimum atomic E-state index is -0.764. The molecular weight excluding hydrogens is 245 g/mol. The predicted molar refractivity (Wildman–Crippen MR) is 73.3 cm³/mol. The molecule has 19 heavy (non-hydrogen) atoms. The number of amides is 1. The van der Waals surface area contributed by atoms with Crippen LogP contribution in [0.25, 0.3) is 0 Å². The minimum Gasteiger partial charge on any atom is -0.371 e. The Morgan fingerprint density at radius 1 is 1.47 bits per heavy atom. The SMILES string of the molecule is CCN1CCC(Nc2cccc(F)c2)(C(N)=O)CC1. The summed E-state index contributed by atoms with van der Waals surface area (Å²) in [5.74, 6) is -0.692. The molecule has 104 valence electrons. The fourth-order valence-corrected chi connectivity index (χ4v) is 2.53. The lowest BCUT2D eigenvalue weighted by atomic mass is 9.86. The molecule has 2 rings (SSSR count). The van der Waals surface area contributed by atoms with E-state index in [1.807, 2.05) is 0 Å². The molecule has 0 aromatic heterocycles. The molecule has 0 spiro atoms. The van der Waals surface area contributed by atoms with Gasteiger partial charge in [-0.15, -0.1) is 0 Å². The first kappa shape index (κ1) is 13.8. The van der Waals surface area contributed by atoms with Gasteiger partial charge in [-0.25, -0.2) is 4.39 Å². The molecule has 0 aliphatic carbocycles. The molecule has 1 fully saturated rings. The monoisotopic (exact) mass is 265 g/mol. The van der Waals surface area contributed by atoms with Gasteiger partial charge in [-0.1, -0.05) is 13.0 Å². The van der Waals surface area contributed by atoms with Crippen LogP contribution in [0.1, 0.15) is 19.8 Å². The van der Waals surface area contributed by atoms with E-state index in [4.69, 9.17) is 5.73 Å². The summed E-state index contributed by atoms with van der Waals surface area (Å²) in [6, 6.07) is 6.13. The molecule has 1 aliphatic rings. The van der Waals surface area contributed by atoms with Gasteiger partial charge in [0.05, 0.1) is 0 Å². The Bertz CT molecular complexity index is 456. The average molecular weight is 265 g/mol. The summed E-state index contributed by atoms with van der Waals surface area (Å²) in [4.78, 5) is 14.1. The Kier molecular flexibility index (Phi) is 4.04. The van der Waals surface area contributed by atoms with Crippen molar-refractivity contribution < 1.29 is 9.18 Å². The molecule has 0 unspecified atom stereocenters. The molecule has 0 radical (unpaired) electrons. The highest BCUT2D eigenvalue weighted by Gasteiger charge is 2.39. The van der Waals surface area contributed by atoms with Crippen molar-refractivity contribution in [1.29, 1.82) is 0 Å². The number of nitrogens with one attached hydrogen (secondary N) is 1. The molecule has 1 aromatic rings. The van der Waals surface area contributed by atoms with Crippen molar-refractivity contribution in [1.82, 2.24) is 4.90 Å². The predicted octanol–water partition coefficient (Wildman–Crippen LogP) is 1.58. The van der Waals surface area contributed by atoms with E-state index >= 15 is 0 Å². The van der Waals surface area contributed by atoms with Gasteiger partial charge in [0.1, 0.15) is 11.4 Å². The van der Waals surface area contributed by atoms with Crippen molar-refractivity contribution in [3.05, 3.63) is 30.1 Å². The van der Waals surface area contributed by atoms with E-state index in [0.717, 1.165) is 19.6 Å². The summed E-state index contributed by atoms with van der Waals surface area (Å²) in [6.07, 6.45) is 1.29. The van der Waals surface area contributed by atoms with Gasteiger partial charge in [-0.3, -0.25) is 4.79 Å². The Morgan fingerprint density at radius 2 is 2.16 bits per heavy atom. The molecule has 1 aliphatic heterocycles. The number of carbonyl (C=O) groups is 1. The number of nitrogens with zero attached hydrogens (tertiary/aromatic N) is 1. The third-order valence-electron chi connectivity index (χ3n) is 3.84. The zero-order valence-corrected chi connectivity index (χ0v) is 11.2. The van der Waals surface area contributed by atoms with E-state index < -0.39 is 5.54 Å². The summed E-state index contributed by atoms with van der Waals surface area (Å²) in [5.41, 5.74) is 5.40. The zero-order valence-electron chi connectivity index (χ0n) is 11.2. The number of nitrogens with two attached hydrogens (primary N) is 1. The molecule has 4 nitrogen and oxygen atoms in total. The van der Waals surface area contributed by atoms with Crippen LogP contribution >= 0.6 is 0 Å². The smallest absolute Gasteiger partial charge is 0.243 e. The van der Waals surface area contributed by atoms with Crippen molar-refractivity contribution in [2.24, 2.45) is 5.73 Å². The number of hydrogen-bond acceptors (Lipinski definition) is 3. The van der Waals surface area contributed by atoms with Gasteiger partial charge in [-0.05, 0) is 37.6 Å². The van der Waals surface area contributed by atoms with E-state index in [0.29, 0.717) is 18.5 Å². The van der Waals surface area contributed by atoms with Crippen molar-refractivity contribution in [2.45, 2.75) is 25.3 Å². The van der Waals surface area contributed by atoms with Crippen LogP contribution in [0, 0.1) is 5.82 Å². The topological polar surface area (TPSA) is 58.4 Å². The number of hydrogen-bond donors (Lipinski definition) is 2. The molecule has 5 heteroatoms. The van der Waals surface area contributed by atoms with Gasteiger partial charge in [0.2, 0.25) is 5.91 Å². The third kappa shape index (κ3) is 3.04. The highest BCUT2D eigenvalue weighted by atomic mass is 19.1. The van der Waals surface area contributed by atoms with E-state index in [1.54, 1.807) is 12.1 Å². The van der Waals surface area contributed by atoms with Gasteiger partial charge in [-0.2, -0.15) is 0 Å². The van der Waals surface area contributed by atoms with Crippen LogP contribution in [0.2, 0.25) is 0 Å². The van der Waals surface area contributed by atoms with Crippen LogP contribution in [0.3, 0.4) is 0 Å². The summed E-state index contributed by atoms with van der Waals surface area (Å²) in [6.45, 7) is 4.70. The van der Waals surface area contributed by atoms with Crippen molar-refractivity contribution >= 4 is 11.6 Å². The highest BCUT2D eigenvalue weighted by molar-refractivity contribution is 5.88. The summed E-state index contributed by atoms with van der Waals surface area (Å²) >= 11 is 0. The minimum absolute atomic E-state index is 0.324. The quantitative estimate of drug-likeness (QED) is 0.869. The maximum atomic E-state index is 13.2. The highest BCUT2D eigenvalue weighted by Crippen LogP contribution is 2.27. The molecular formula is C14H20FN3O. The van der Waals surface area contributed by atoms with E-state index in [2.05, 4.69) is 17.1 Å². The first-order valence-corrected chi connectivity index (χ1v) is 6.62. The lowest BCUT2D eigenvalue weighted by Crippen LogP contribution is -2.57. The largest absolute Gasteiger partial charge is 0.371 e. The normalized spacial score (nSPS) is 19.1. The summed E-state index contributed by atoms with van der Waals surface area (Å²) in [7, 11) is 0. The van der Waals surface area contributed by atoms with Gasteiger partial charge in [0.15, 0.2) is 0 Å². The van der Waals surface area contributed by atoms with Crippen LogP contribution in [0.15, 0.2) is 24.3 Å². The maximum Gasteiger partial charge on any atom is 0.243 e. The third-order valence-corrected chi connectivity index (χ3v) is 3.84. The molecule has 0 atom stereocenters. The van der Waals surface area contributed by atoms with Crippen LogP contribution in [-0.4, -0.2) is 36.0 Å². The number of anilines is 1. The van der Waals surface area contributed by atoms with Crippen molar-refractivity contribution in [3.8, 4) is 0 Å². The van der Waals surface area contributed by atoms with Crippen molar-refractivity contribution in [2.75, 3.05) is 25.0 Å². The first-order valence-electron chi connectivity index (χ1n) is 6.62. The second kappa shape index (κ2) is 5.57. The molecule has 1 heterocycles. The standard InChI is InChI=1S/C14H20FN3O/c1-2-18-8-6-14(7-9-18,13(16)19)17-12-5-3-4-11(15)10-12/h3-5,10,17H,2,6-9H2,1H3,(H2,16,19). The van der Waals surface area contributed by atoms with Gasteiger partial charge >= 0.3 is 0 Å². The molecule has 1 amide bonds. The van der Waals surface area contributed by atoms with Crippen LogP contribution in [-0.2, 0) is 4.79 Å². The first-order chi connectivity index (χ1) is 9.05. The van der Waals surface area contributed by atoms with Crippen molar-refractivity contribution in [3.63, 3.8) is 0 Å². The lowest BCUT2D eigenvalue weighted by Gasteiger charge is -2.40. The van der Waals surface area contributed by atoms with E-state index in [1.165, 1.54) is 12.1 Å². The van der Waals surface area contributed by atoms with Crippen LogP contribution in [0.4, 0.5) is 10.1 Å². The molecule has 0 bridgehead atoms. The molecule has 1 saturated heterocycles. The number of primary amides is 1. The number of piperidine rings is 1. The number of benzene rings is 1. The number of halogens is 1. The molecule has 1 aromatic carbocycles. The van der Waals surface area contributed by atoms with Crippen LogP contribution in [0.5, 0.6) is 0 Å². The zero-order chi connectivity index (χ0) is 13.9. The Morgan fingerprint density at radius 3 is 2.68 bits per heavy atom. The number of likely N-dealkylation sites (tertiary alicyclic amines) is 1. The van der Waals surface area contributed by atoms with Gasteiger partial charge in [0, 0.05) is 18.8 Å². The average Bonchev–Trinajstić information content (AvgIpc) is 2.39. The Hall–Kier alpha value is -1.62. The number of carbonyl (C=O) groups excluding carboxylic acids is 1. The second-order valence-corrected chi connectivity index (χ2v) is 5.02. The van der Waals surface area contributed by atoms with E-state index in [9.17, 15) is 9.18 Å². The Labute approximate surface area is 112 Å². The summed E-state index contributed by atoms with van der Waals surface area (Å²) in [5, 5.41) is 3.14. The van der Waals surface area contributed by atoms with Gasteiger partial charge in [0.25, 0.3) is 0 Å². The molecule has 0 saturated carbocycles. The fraction of sp³-hybridized carbons (Fsp3) is 0.500. The molecule has 3 N–H and O–H groups in total. The summed E-state index contributed by atoms with van der Waals surface area (Å²) < 4.78 is 13.2. The number of rotatable bonds is 4. The van der Waals surface area contributed by atoms with Crippen LogP contribution < -0.4 is 11.1 Å². The fourth-order valence-electron chi connectivity index (χ4n) is 2.53.